The molecule has 1 aromatic carbocycles. The molecule has 2 nitrogen and oxygen atoms in total. The van der Waals surface area contributed by atoms with Crippen molar-refractivity contribution < 1.29 is 4.74 Å². The summed E-state index contributed by atoms with van der Waals surface area (Å²) in [6.45, 7) is 8.04. The lowest BCUT2D eigenvalue weighted by atomic mass is 10.1. The van der Waals surface area contributed by atoms with Crippen LogP contribution in [0.25, 0.3) is 0 Å². The molecule has 0 amide bonds. The lowest BCUT2D eigenvalue weighted by Gasteiger charge is -2.14. The number of benzene rings is 1. The number of fused-ring (bicyclic) bond motifs is 1. The molecule has 1 N–H and O–H groups in total. The lowest BCUT2D eigenvalue weighted by Crippen LogP contribution is -2.24. The zero-order valence-electron chi connectivity index (χ0n) is 10.8. The van der Waals surface area contributed by atoms with Crippen LogP contribution in [0.3, 0.4) is 0 Å². The molecule has 1 unspecified atom stereocenters. The normalized spacial score (nSPS) is 17.8. The zero-order valence-corrected chi connectivity index (χ0v) is 11.6. The minimum atomic E-state index is 0.450. The summed E-state index contributed by atoms with van der Waals surface area (Å²) >= 11 is 6.00. The van der Waals surface area contributed by atoms with E-state index in [1.54, 1.807) is 0 Å². The summed E-state index contributed by atoms with van der Waals surface area (Å²) < 4.78 is 5.48. The number of hydrogen-bond acceptors (Lipinski definition) is 2. The smallest absolute Gasteiger partial charge is 0.0672 e. The van der Waals surface area contributed by atoms with Gasteiger partial charge in [-0.05, 0) is 43.0 Å². The summed E-state index contributed by atoms with van der Waals surface area (Å²) in [4.78, 5) is 0. The number of nitrogens with one attached hydrogen (secondary N) is 1. The van der Waals surface area contributed by atoms with Gasteiger partial charge in [-0.3, -0.25) is 0 Å². The average Bonchev–Trinajstić information content (AvgIpc) is 2.70. The number of aryl methyl sites for hydroxylation is 1. The topological polar surface area (TPSA) is 21.3 Å². The first-order valence-corrected chi connectivity index (χ1v) is 6.78. The monoisotopic (exact) mass is 265 g/mol. The Hall–Kier alpha value is -0.830. The highest BCUT2D eigenvalue weighted by molar-refractivity contribution is 6.30. The molecule has 1 aromatic rings. The van der Waals surface area contributed by atoms with E-state index in [-0.39, 0.29) is 0 Å². The summed E-state index contributed by atoms with van der Waals surface area (Å²) in [5.74, 6) is 0. The van der Waals surface area contributed by atoms with E-state index in [0.29, 0.717) is 12.6 Å². The van der Waals surface area contributed by atoms with Crippen molar-refractivity contribution in [2.45, 2.75) is 25.8 Å². The first-order valence-electron chi connectivity index (χ1n) is 6.40. The van der Waals surface area contributed by atoms with Gasteiger partial charge < -0.3 is 10.1 Å². The highest BCUT2D eigenvalue weighted by atomic mass is 35.5. The highest BCUT2D eigenvalue weighted by Crippen LogP contribution is 2.32. The van der Waals surface area contributed by atoms with Gasteiger partial charge in [0.15, 0.2) is 0 Å². The van der Waals surface area contributed by atoms with Gasteiger partial charge in [-0.25, -0.2) is 0 Å². The fraction of sp³-hybridized carbons (Fsp3) is 0.467. The number of halogens is 1. The molecule has 1 atom stereocenters. The maximum Gasteiger partial charge on any atom is 0.0672 e. The summed E-state index contributed by atoms with van der Waals surface area (Å²) in [5.41, 5.74) is 3.83. The van der Waals surface area contributed by atoms with E-state index in [1.165, 1.54) is 11.1 Å². The van der Waals surface area contributed by atoms with E-state index >= 15 is 0 Å². The van der Waals surface area contributed by atoms with Crippen LogP contribution in [0, 0.1) is 0 Å². The summed E-state index contributed by atoms with van der Waals surface area (Å²) in [7, 11) is 0. The van der Waals surface area contributed by atoms with Crippen LogP contribution in [0.1, 0.15) is 30.5 Å². The van der Waals surface area contributed by atoms with Gasteiger partial charge in [0.1, 0.15) is 0 Å². The van der Waals surface area contributed by atoms with E-state index in [2.05, 4.69) is 24.0 Å². The molecule has 1 aliphatic rings. The van der Waals surface area contributed by atoms with Crippen molar-refractivity contribution >= 4 is 11.6 Å². The largest absolute Gasteiger partial charge is 0.376 e. The van der Waals surface area contributed by atoms with Gasteiger partial charge >= 0.3 is 0 Å². The van der Waals surface area contributed by atoms with Crippen LogP contribution >= 0.6 is 11.6 Å². The SMILES string of the molecule is C=C(C)COCCNC1CCc2cc(Cl)ccc21. The number of ether oxygens (including phenoxy) is 1. The molecule has 2 rings (SSSR count). The highest BCUT2D eigenvalue weighted by Gasteiger charge is 2.21. The van der Waals surface area contributed by atoms with E-state index in [1.807, 2.05) is 13.0 Å². The third-order valence-electron chi connectivity index (χ3n) is 3.17. The van der Waals surface area contributed by atoms with Crippen molar-refractivity contribution in [2.24, 2.45) is 0 Å². The molecule has 0 aliphatic heterocycles. The Morgan fingerprint density at radius 1 is 1.56 bits per heavy atom. The third kappa shape index (κ3) is 3.58. The molecule has 0 heterocycles. The number of rotatable bonds is 6. The van der Waals surface area contributed by atoms with Crippen LogP contribution in [0.2, 0.25) is 5.02 Å². The quantitative estimate of drug-likeness (QED) is 0.628. The fourth-order valence-corrected chi connectivity index (χ4v) is 2.54. The Balaban J connectivity index is 1.78. The van der Waals surface area contributed by atoms with E-state index < -0.39 is 0 Å². The molecule has 0 saturated heterocycles. The second-order valence-electron chi connectivity index (χ2n) is 4.90. The molecule has 0 radical (unpaired) electrons. The summed E-state index contributed by atoms with van der Waals surface area (Å²) in [6.07, 6.45) is 2.26. The molecule has 98 valence electrons. The van der Waals surface area contributed by atoms with E-state index in [9.17, 15) is 0 Å². The van der Waals surface area contributed by atoms with Crippen molar-refractivity contribution in [2.75, 3.05) is 19.8 Å². The summed E-state index contributed by atoms with van der Waals surface area (Å²) in [6, 6.07) is 6.64. The predicted molar refractivity (Wildman–Crippen MR) is 76.1 cm³/mol. The van der Waals surface area contributed by atoms with Gasteiger partial charge in [-0.15, -0.1) is 0 Å². The molecule has 0 aromatic heterocycles. The molecule has 0 spiro atoms. The Morgan fingerprint density at radius 2 is 2.39 bits per heavy atom. The van der Waals surface area contributed by atoms with Crippen molar-refractivity contribution in [3.8, 4) is 0 Å². The minimum absolute atomic E-state index is 0.450. The Kier molecular flexibility index (Phi) is 4.81. The lowest BCUT2D eigenvalue weighted by molar-refractivity contribution is 0.155. The summed E-state index contributed by atoms with van der Waals surface area (Å²) in [5, 5.41) is 4.37. The van der Waals surface area contributed by atoms with Crippen LogP contribution in [0.15, 0.2) is 30.4 Å². The number of hydrogen-bond donors (Lipinski definition) is 1. The molecule has 3 heteroatoms. The maximum atomic E-state index is 6.00. The van der Waals surface area contributed by atoms with Crippen LogP contribution < -0.4 is 5.32 Å². The zero-order chi connectivity index (χ0) is 13.0. The second-order valence-corrected chi connectivity index (χ2v) is 5.33. The van der Waals surface area contributed by atoms with Gasteiger partial charge in [0.2, 0.25) is 0 Å². The van der Waals surface area contributed by atoms with Gasteiger partial charge in [0.05, 0.1) is 13.2 Å². The Morgan fingerprint density at radius 3 is 3.17 bits per heavy atom. The standard InChI is InChI=1S/C15H20ClNO/c1-11(2)10-18-8-7-17-15-6-3-12-9-13(16)4-5-14(12)15/h4-5,9,15,17H,1,3,6-8,10H2,2H3. The molecule has 18 heavy (non-hydrogen) atoms. The first kappa shape index (κ1) is 13.6. The fourth-order valence-electron chi connectivity index (χ4n) is 2.35. The van der Waals surface area contributed by atoms with Gasteiger partial charge in [0, 0.05) is 17.6 Å². The van der Waals surface area contributed by atoms with Gasteiger partial charge in [-0.2, -0.15) is 0 Å². The van der Waals surface area contributed by atoms with Crippen LogP contribution in [-0.2, 0) is 11.2 Å². The van der Waals surface area contributed by atoms with Crippen molar-refractivity contribution in [1.29, 1.82) is 0 Å². The predicted octanol–water partition coefficient (Wildman–Crippen LogP) is 3.51. The minimum Gasteiger partial charge on any atom is -0.376 e. The second kappa shape index (κ2) is 6.37. The van der Waals surface area contributed by atoms with E-state index in [4.69, 9.17) is 16.3 Å². The van der Waals surface area contributed by atoms with Crippen molar-refractivity contribution in [3.05, 3.63) is 46.5 Å². The maximum absolute atomic E-state index is 6.00. The first-order chi connectivity index (χ1) is 8.66. The van der Waals surface area contributed by atoms with Crippen LogP contribution in [-0.4, -0.2) is 19.8 Å². The Labute approximate surface area is 114 Å². The van der Waals surface area contributed by atoms with Gasteiger partial charge in [0.25, 0.3) is 0 Å². The molecule has 0 bridgehead atoms. The molecular formula is C15H20ClNO. The average molecular weight is 266 g/mol. The third-order valence-corrected chi connectivity index (χ3v) is 3.40. The van der Waals surface area contributed by atoms with Crippen molar-refractivity contribution in [3.63, 3.8) is 0 Å². The Bertz CT molecular complexity index is 431. The molecule has 0 fully saturated rings. The van der Waals surface area contributed by atoms with Gasteiger partial charge in [-0.1, -0.05) is 29.8 Å². The molecule has 0 saturated carbocycles. The molecular weight excluding hydrogens is 246 g/mol. The van der Waals surface area contributed by atoms with E-state index in [0.717, 1.165) is 36.6 Å². The van der Waals surface area contributed by atoms with Crippen LogP contribution in [0.5, 0.6) is 0 Å². The van der Waals surface area contributed by atoms with Crippen molar-refractivity contribution in [1.82, 2.24) is 5.32 Å². The van der Waals surface area contributed by atoms with Crippen LogP contribution in [0.4, 0.5) is 0 Å². The molecule has 1 aliphatic carbocycles.